The smallest absolute Gasteiger partial charge is 0.256 e. The van der Waals surface area contributed by atoms with Crippen molar-refractivity contribution < 1.29 is 9.53 Å². The minimum absolute atomic E-state index is 0.0115. The van der Waals surface area contributed by atoms with E-state index >= 15 is 0 Å². The van der Waals surface area contributed by atoms with Crippen LogP contribution in [0.5, 0.6) is 0 Å². The second-order valence-corrected chi connectivity index (χ2v) is 6.90. The number of carbonyl (C=O) groups excluding carboxylic acids is 1. The summed E-state index contributed by atoms with van der Waals surface area (Å²) in [5, 5.41) is 1.02. The number of hydrogen-bond acceptors (Lipinski definition) is 2. The fraction of sp³-hybridized carbons (Fsp3) is 0.318. The molecule has 4 rings (SSSR count). The molecule has 26 heavy (non-hydrogen) atoms. The average molecular weight is 348 g/mol. The summed E-state index contributed by atoms with van der Waals surface area (Å²) in [5.74, 6) is 0.0875. The largest absolute Gasteiger partial charge is 0.367 e. The van der Waals surface area contributed by atoms with E-state index in [1.165, 1.54) is 0 Å². The number of rotatable bonds is 3. The van der Waals surface area contributed by atoms with Crippen molar-refractivity contribution in [2.24, 2.45) is 0 Å². The van der Waals surface area contributed by atoms with Crippen molar-refractivity contribution in [1.82, 2.24) is 9.47 Å². The Morgan fingerprint density at radius 2 is 1.81 bits per heavy atom. The Morgan fingerprint density at radius 1 is 1.08 bits per heavy atom. The Bertz CT molecular complexity index is 916. The van der Waals surface area contributed by atoms with E-state index in [1.54, 1.807) is 0 Å². The van der Waals surface area contributed by atoms with E-state index in [9.17, 15) is 4.79 Å². The van der Waals surface area contributed by atoms with Gasteiger partial charge in [-0.15, -0.1) is 0 Å². The second kappa shape index (κ2) is 6.96. The van der Waals surface area contributed by atoms with Gasteiger partial charge in [0.2, 0.25) is 0 Å². The Balaban J connectivity index is 1.66. The third-order valence-electron chi connectivity index (χ3n) is 5.08. The quantitative estimate of drug-likeness (QED) is 0.709. The molecule has 1 amide bonds. The Kier molecular flexibility index (Phi) is 4.51. The van der Waals surface area contributed by atoms with Crippen LogP contribution in [-0.4, -0.2) is 34.6 Å². The molecule has 0 unspecified atom stereocenters. The molecule has 1 aliphatic heterocycles. The van der Waals surface area contributed by atoms with E-state index in [1.807, 2.05) is 54.4 Å². The zero-order chi connectivity index (χ0) is 18.1. The first kappa shape index (κ1) is 16.9. The maximum Gasteiger partial charge on any atom is 0.256 e. The topological polar surface area (TPSA) is 34.5 Å². The number of carbonyl (C=O) groups is 1. The molecule has 0 aliphatic carbocycles. The van der Waals surface area contributed by atoms with Crippen molar-refractivity contribution >= 4 is 16.8 Å². The van der Waals surface area contributed by atoms with Gasteiger partial charge in [0.15, 0.2) is 0 Å². The lowest BCUT2D eigenvalue weighted by Gasteiger charge is -2.37. The van der Waals surface area contributed by atoms with Crippen LogP contribution >= 0.6 is 0 Å². The van der Waals surface area contributed by atoms with E-state index in [4.69, 9.17) is 4.74 Å². The minimum Gasteiger partial charge on any atom is -0.367 e. The van der Waals surface area contributed by atoms with E-state index in [2.05, 4.69) is 29.7 Å². The molecule has 0 N–H and O–H groups in total. The third kappa shape index (κ3) is 3.01. The van der Waals surface area contributed by atoms with Gasteiger partial charge in [-0.3, -0.25) is 4.79 Å². The molecule has 0 saturated carbocycles. The standard InChI is InChI=1S/C22H24N2O2/c1-3-23-14-19(18-11-7-8-12-20(18)23)22(25)24-13-16(2)26-21(15-24)17-9-5-4-6-10-17/h4-12,14,16,21H,3,13,15H2,1-2H3/t16-,21-/m1/s1. The van der Waals surface area contributed by atoms with Gasteiger partial charge in [0.1, 0.15) is 6.10 Å². The zero-order valence-corrected chi connectivity index (χ0v) is 15.3. The summed E-state index contributed by atoms with van der Waals surface area (Å²) in [7, 11) is 0. The van der Waals surface area contributed by atoms with Crippen LogP contribution in [0.15, 0.2) is 60.8 Å². The Hall–Kier alpha value is -2.59. The molecule has 4 heteroatoms. The van der Waals surface area contributed by atoms with E-state index in [-0.39, 0.29) is 18.1 Å². The molecule has 0 bridgehead atoms. The van der Waals surface area contributed by atoms with Crippen molar-refractivity contribution in [2.75, 3.05) is 13.1 Å². The molecule has 0 radical (unpaired) electrons. The Labute approximate surface area is 154 Å². The van der Waals surface area contributed by atoms with Crippen LogP contribution in [-0.2, 0) is 11.3 Å². The molecule has 2 heterocycles. The lowest BCUT2D eigenvalue weighted by atomic mass is 10.1. The fourth-order valence-electron chi connectivity index (χ4n) is 3.82. The van der Waals surface area contributed by atoms with Crippen LogP contribution in [0.1, 0.15) is 35.9 Å². The van der Waals surface area contributed by atoms with Gasteiger partial charge >= 0.3 is 0 Å². The SMILES string of the molecule is CCn1cc(C(=O)N2C[C@@H](C)O[C@@H](c3ccccc3)C2)c2ccccc21. The number of benzene rings is 2. The lowest BCUT2D eigenvalue weighted by Crippen LogP contribution is -2.45. The highest BCUT2D eigenvalue weighted by Gasteiger charge is 2.31. The van der Waals surface area contributed by atoms with Gasteiger partial charge in [0.25, 0.3) is 5.91 Å². The number of morpholine rings is 1. The van der Waals surface area contributed by atoms with Crippen molar-refractivity contribution in [3.8, 4) is 0 Å². The average Bonchev–Trinajstić information content (AvgIpc) is 3.06. The summed E-state index contributed by atoms with van der Waals surface area (Å²) in [6, 6.07) is 18.3. The predicted molar refractivity (Wildman–Crippen MR) is 103 cm³/mol. The van der Waals surface area contributed by atoms with Gasteiger partial charge in [-0.2, -0.15) is 0 Å². The highest BCUT2D eigenvalue weighted by molar-refractivity contribution is 6.07. The monoisotopic (exact) mass is 348 g/mol. The van der Waals surface area contributed by atoms with Crippen LogP contribution in [0.4, 0.5) is 0 Å². The van der Waals surface area contributed by atoms with Gasteiger partial charge in [-0.05, 0) is 25.5 Å². The van der Waals surface area contributed by atoms with Crippen LogP contribution in [0.3, 0.4) is 0 Å². The first-order chi connectivity index (χ1) is 12.7. The number of ether oxygens (including phenoxy) is 1. The zero-order valence-electron chi connectivity index (χ0n) is 15.3. The van der Waals surface area contributed by atoms with E-state index in [0.717, 1.165) is 28.6 Å². The van der Waals surface area contributed by atoms with Crippen molar-refractivity contribution in [3.63, 3.8) is 0 Å². The lowest BCUT2D eigenvalue weighted by molar-refractivity contribution is -0.0691. The van der Waals surface area contributed by atoms with Gasteiger partial charge < -0.3 is 14.2 Å². The number of amides is 1. The normalized spacial score (nSPS) is 20.5. The van der Waals surface area contributed by atoms with Crippen molar-refractivity contribution in [3.05, 3.63) is 71.9 Å². The summed E-state index contributed by atoms with van der Waals surface area (Å²) in [5.41, 5.74) is 3.01. The van der Waals surface area contributed by atoms with Crippen LogP contribution in [0.2, 0.25) is 0 Å². The van der Waals surface area contributed by atoms with Gasteiger partial charge in [-0.1, -0.05) is 48.5 Å². The summed E-state index contributed by atoms with van der Waals surface area (Å²) in [4.78, 5) is 15.3. The first-order valence-electron chi connectivity index (χ1n) is 9.25. The highest BCUT2D eigenvalue weighted by Crippen LogP contribution is 2.28. The summed E-state index contributed by atoms with van der Waals surface area (Å²) in [6.07, 6.45) is 1.92. The molecule has 2 atom stereocenters. The maximum atomic E-state index is 13.3. The molecule has 4 nitrogen and oxygen atoms in total. The number of aryl methyl sites for hydroxylation is 1. The number of fused-ring (bicyclic) bond motifs is 1. The summed E-state index contributed by atoms with van der Waals surface area (Å²) in [6.45, 7) is 6.18. The minimum atomic E-state index is -0.0802. The molecular weight excluding hydrogens is 324 g/mol. The molecule has 3 aromatic rings. The number of hydrogen-bond donors (Lipinski definition) is 0. The Morgan fingerprint density at radius 3 is 2.58 bits per heavy atom. The maximum absolute atomic E-state index is 13.3. The molecule has 1 aromatic heterocycles. The van der Waals surface area contributed by atoms with Crippen LogP contribution in [0, 0.1) is 0 Å². The first-order valence-corrected chi connectivity index (χ1v) is 9.25. The molecule has 1 saturated heterocycles. The summed E-state index contributed by atoms with van der Waals surface area (Å²) >= 11 is 0. The number of aromatic nitrogens is 1. The molecule has 134 valence electrons. The molecule has 1 aliphatic rings. The highest BCUT2D eigenvalue weighted by atomic mass is 16.5. The number of nitrogens with zero attached hydrogens (tertiary/aromatic N) is 2. The van der Waals surface area contributed by atoms with Crippen molar-refractivity contribution in [1.29, 1.82) is 0 Å². The fourth-order valence-corrected chi connectivity index (χ4v) is 3.82. The molecule has 0 spiro atoms. The van der Waals surface area contributed by atoms with E-state index in [0.29, 0.717) is 13.1 Å². The van der Waals surface area contributed by atoms with Gasteiger partial charge in [0, 0.05) is 30.2 Å². The number of para-hydroxylation sites is 1. The van der Waals surface area contributed by atoms with Gasteiger partial charge in [0.05, 0.1) is 18.2 Å². The molecule has 2 aromatic carbocycles. The summed E-state index contributed by atoms with van der Waals surface area (Å²) < 4.78 is 8.24. The molecule has 1 fully saturated rings. The predicted octanol–water partition coefficient (Wildman–Crippen LogP) is 4.26. The molecular formula is C22H24N2O2. The van der Waals surface area contributed by atoms with Crippen LogP contribution < -0.4 is 0 Å². The van der Waals surface area contributed by atoms with Crippen LogP contribution in [0.25, 0.3) is 10.9 Å². The van der Waals surface area contributed by atoms with E-state index < -0.39 is 0 Å². The van der Waals surface area contributed by atoms with Gasteiger partial charge in [-0.25, -0.2) is 0 Å². The third-order valence-corrected chi connectivity index (χ3v) is 5.08. The van der Waals surface area contributed by atoms with Crippen molar-refractivity contribution in [2.45, 2.75) is 32.6 Å². The second-order valence-electron chi connectivity index (χ2n) is 6.90.